The van der Waals surface area contributed by atoms with Gasteiger partial charge in [-0.05, 0) is 62.8 Å². The van der Waals surface area contributed by atoms with Gasteiger partial charge in [-0.25, -0.2) is 0 Å². The number of β-amino-alcohol motifs (C(OH)–C–C–N with tert-alkyl or cyclic N) is 1. The van der Waals surface area contributed by atoms with Crippen molar-refractivity contribution in [3.05, 3.63) is 30.1 Å². The number of aliphatic hydroxyl groups is 1. The molecule has 1 aromatic rings. The molecule has 1 amide bonds. The highest BCUT2D eigenvalue weighted by atomic mass is 16.3. The van der Waals surface area contributed by atoms with Gasteiger partial charge in [0.2, 0.25) is 5.91 Å². The minimum absolute atomic E-state index is 0.119. The Hall–Kier alpha value is -1.46. The van der Waals surface area contributed by atoms with Crippen LogP contribution in [0.5, 0.6) is 0 Å². The summed E-state index contributed by atoms with van der Waals surface area (Å²) in [7, 11) is 0. The summed E-state index contributed by atoms with van der Waals surface area (Å²) >= 11 is 0. The second-order valence-corrected chi connectivity index (χ2v) is 7.39. The largest absolute Gasteiger partial charge is 0.388 e. The van der Waals surface area contributed by atoms with Crippen LogP contribution in [0.4, 0.5) is 0 Å². The van der Waals surface area contributed by atoms with E-state index < -0.39 is 5.60 Å². The molecule has 1 aromatic heterocycles. The summed E-state index contributed by atoms with van der Waals surface area (Å²) in [5.74, 6) is 0.119. The molecule has 2 fully saturated rings. The number of hydrogen-bond donors (Lipinski definition) is 1. The molecular weight excluding hydrogens is 302 g/mol. The van der Waals surface area contributed by atoms with Crippen LogP contribution in [-0.2, 0) is 11.2 Å². The maximum atomic E-state index is 11.5. The summed E-state index contributed by atoms with van der Waals surface area (Å²) in [5.41, 5.74) is 0.705. The molecule has 0 spiro atoms. The number of pyridine rings is 1. The third-order valence-electron chi connectivity index (χ3n) is 5.65. The Bertz CT molecular complexity index is 541. The van der Waals surface area contributed by atoms with E-state index in [0.717, 1.165) is 25.9 Å². The number of aryl methyl sites for hydroxylation is 1. The predicted molar refractivity (Wildman–Crippen MR) is 93.6 cm³/mol. The van der Waals surface area contributed by atoms with Gasteiger partial charge in [0.1, 0.15) is 0 Å². The summed E-state index contributed by atoms with van der Waals surface area (Å²) in [4.78, 5) is 19.9. The maximum absolute atomic E-state index is 11.5. The van der Waals surface area contributed by atoms with Crippen molar-refractivity contribution in [1.82, 2.24) is 14.8 Å². The average molecular weight is 331 g/mol. The van der Waals surface area contributed by atoms with Crippen LogP contribution in [0, 0.1) is 0 Å². The van der Waals surface area contributed by atoms with Crippen LogP contribution in [0.15, 0.2) is 24.5 Å². The fourth-order valence-corrected chi connectivity index (χ4v) is 4.09. The van der Waals surface area contributed by atoms with Crippen LogP contribution < -0.4 is 0 Å². The zero-order chi connectivity index (χ0) is 17.0. The maximum Gasteiger partial charge on any atom is 0.219 e. The second-order valence-electron chi connectivity index (χ2n) is 7.39. The number of likely N-dealkylation sites (tertiary alicyclic amines) is 2. The van der Waals surface area contributed by atoms with E-state index in [-0.39, 0.29) is 5.91 Å². The first kappa shape index (κ1) is 17.4. The zero-order valence-corrected chi connectivity index (χ0v) is 14.7. The highest BCUT2D eigenvalue weighted by molar-refractivity contribution is 5.73. The molecule has 1 atom stereocenters. The molecule has 5 heteroatoms. The lowest BCUT2D eigenvalue weighted by Gasteiger charge is -2.41. The van der Waals surface area contributed by atoms with E-state index in [1.54, 1.807) is 6.92 Å². The van der Waals surface area contributed by atoms with Gasteiger partial charge in [0.25, 0.3) is 0 Å². The lowest BCUT2D eigenvalue weighted by atomic mass is 9.90. The molecule has 3 rings (SSSR count). The SMILES string of the molecule is CC(=O)N1CCC(O)(CN2CCC[C@H]2CCc2ccncc2)CC1. The van der Waals surface area contributed by atoms with Gasteiger partial charge in [-0.3, -0.25) is 14.7 Å². The molecule has 5 nitrogen and oxygen atoms in total. The van der Waals surface area contributed by atoms with Gasteiger partial charge >= 0.3 is 0 Å². The molecule has 1 N–H and O–H groups in total. The van der Waals surface area contributed by atoms with Crippen molar-refractivity contribution in [2.45, 2.75) is 57.1 Å². The average Bonchev–Trinajstić information content (AvgIpc) is 3.01. The Labute approximate surface area is 144 Å². The van der Waals surface area contributed by atoms with E-state index >= 15 is 0 Å². The lowest BCUT2D eigenvalue weighted by Crippen LogP contribution is -2.52. The number of piperidine rings is 1. The van der Waals surface area contributed by atoms with Gasteiger partial charge in [0.15, 0.2) is 0 Å². The Balaban J connectivity index is 1.51. The molecule has 0 unspecified atom stereocenters. The molecule has 0 radical (unpaired) electrons. The summed E-state index contributed by atoms with van der Waals surface area (Å²) in [5, 5.41) is 10.9. The van der Waals surface area contributed by atoms with Crippen molar-refractivity contribution in [1.29, 1.82) is 0 Å². The number of amides is 1. The third kappa shape index (κ3) is 4.33. The minimum Gasteiger partial charge on any atom is -0.388 e. The van der Waals surface area contributed by atoms with E-state index in [9.17, 15) is 9.90 Å². The second kappa shape index (κ2) is 7.62. The van der Waals surface area contributed by atoms with Crippen molar-refractivity contribution in [2.24, 2.45) is 0 Å². The first-order valence-corrected chi connectivity index (χ1v) is 9.17. The van der Waals surface area contributed by atoms with Gasteiger partial charge in [-0.15, -0.1) is 0 Å². The summed E-state index contributed by atoms with van der Waals surface area (Å²) in [6.07, 6.45) is 9.75. The van der Waals surface area contributed by atoms with E-state index in [1.165, 1.54) is 18.4 Å². The van der Waals surface area contributed by atoms with Crippen LogP contribution in [0.2, 0.25) is 0 Å². The fraction of sp³-hybridized carbons (Fsp3) is 0.684. The van der Waals surface area contributed by atoms with Gasteiger partial charge in [-0.2, -0.15) is 0 Å². The number of rotatable bonds is 5. The van der Waals surface area contributed by atoms with Gasteiger partial charge < -0.3 is 10.0 Å². The monoisotopic (exact) mass is 331 g/mol. The van der Waals surface area contributed by atoms with Crippen LogP contribution in [-0.4, -0.2) is 63.6 Å². The predicted octanol–water partition coefficient (Wildman–Crippen LogP) is 1.85. The first-order valence-electron chi connectivity index (χ1n) is 9.17. The Kier molecular flexibility index (Phi) is 5.51. The highest BCUT2D eigenvalue weighted by Crippen LogP contribution is 2.29. The van der Waals surface area contributed by atoms with Gasteiger partial charge in [-0.1, -0.05) is 0 Å². The molecule has 0 saturated carbocycles. The molecule has 0 aliphatic carbocycles. The first-order chi connectivity index (χ1) is 11.6. The summed E-state index contributed by atoms with van der Waals surface area (Å²) < 4.78 is 0. The topological polar surface area (TPSA) is 56.7 Å². The normalized spacial score (nSPS) is 24.2. The van der Waals surface area contributed by atoms with Crippen molar-refractivity contribution in [3.63, 3.8) is 0 Å². The van der Waals surface area contributed by atoms with Crippen molar-refractivity contribution < 1.29 is 9.90 Å². The van der Waals surface area contributed by atoms with Crippen LogP contribution >= 0.6 is 0 Å². The number of carbonyl (C=O) groups is 1. The Morgan fingerprint density at radius 2 is 2.00 bits per heavy atom. The van der Waals surface area contributed by atoms with E-state index in [1.807, 2.05) is 17.3 Å². The fourth-order valence-electron chi connectivity index (χ4n) is 4.09. The molecule has 0 aromatic carbocycles. The van der Waals surface area contributed by atoms with Crippen LogP contribution in [0.3, 0.4) is 0 Å². The quantitative estimate of drug-likeness (QED) is 0.895. The van der Waals surface area contributed by atoms with E-state index in [4.69, 9.17) is 0 Å². The summed E-state index contributed by atoms with van der Waals surface area (Å²) in [6.45, 7) is 4.81. The number of nitrogens with zero attached hydrogens (tertiary/aromatic N) is 3. The molecule has 3 heterocycles. The standard InChI is InChI=1S/C19H29N3O2/c1-16(23)21-13-8-19(24,9-14-21)15-22-12-2-3-18(22)5-4-17-6-10-20-11-7-17/h6-7,10-11,18,24H,2-5,8-9,12-15H2,1H3/t18-/m0/s1. The third-order valence-corrected chi connectivity index (χ3v) is 5.65. The molecule has 24 heavy (non-hydrogen) atoms. The minimum atomic E-state index is -0.634. The number of hydrogen-bond acceptors (Lipinski definition) is 4. The molecule has 2 aliphatic rings. The number of aromatic nitrogens is 1. The highest BCUT2D eigenvalue weighted by Gasteiger charge is 2.37. The Morgan fingerprint density at radius 1 is 1.29 bits per heavy atom. The molecule has 132 valence electrons. The lowest BCUT2D eigenvalue weighted by molar-refractivity contribution is -0.133. The zero-order valence-electron chi connectivity index (χ0n) is 14.7. The molecule has 0 bridgehead atoms. The van der Waals surface area contributed by atoms with Crippen molar-refractivity contribution in [3.8, 4) is 0 Å². The molecular formula is C19H29N3O2. The molecule has 2 aliphatic heterocycles. The Morgan fingerprint density at radius 3 is 2.67 bits per heavy atom. The van der Waals surface area contributed by atoms with Gasteiger partial charge in [0, 0.05) is 45.0 Å². The smallest absolute Gasteiger partial charge is 0.219 e. The number of carbonyl (C=O) groups excluding carboxylic acids is 1. The van der Waals surface area contributed by atoms with Crippen molar-refractivity contribution in [2.75, 3.05) is 26.2 Å². The van der Waals surface area contributed by atoms with E-state index in [2.05, 4.69) is 22.0 Å². The van der Waals surface area contributed by atoms with Crippen LogP contribution in [0.25, 0.3) is 0 Å². The van der Waals surface area contributed by atoms with Crippen LogP contribution in [0.1, 0.15) is 44.6 Å². The molecule has 2 saturated heterocycles. The van der Waals surface area contributed by atoms with Crippen molar-refractivity contribution >= 4 is 5.91 Å². The van der Waals surface area contributed by atoms with E-state index in [0.29, 0.717) is 32.0 Å². The van der Waals surface area contributed by atoms with Gasteiger partial charge in [0.05, 0.1) is 5.60 Å². The summed E-state index contributed by atoms with van der Waals surface area (Å²) in [6, 6.07) is 4.74.